The fourth-order valence-corrected chi connectivity index (χ4v) is 2.82. The predicted octanol–water partition coefficient (Wildman–Crippen LogP) is 2.96. The van der Waals surface area contributed by atoms with E-state index in [-0.39, 0.29) is 0 Å². The molecule has 0 unspecified atom stereocenters. The van der Waals surface area contributed by atoms with Crippen molar-refractivity contribution in [3.63, 3.8) is 0 Å². The van der Waals surface area contributed by atoms with Gasteiger partial charge in [-0.25, -0.2) is 9.59 Å². The molecule has 3 rings (SSSR count). The zero-order chi connectivity index (χ0) is 17.3. The van der Waals surface area contributed by atoms with Crippen LogP contribution >= 0.6 is 0 Å². The van der Waals surface area contributed by atoms with Crippen LogP contribution in [0.15, 0.2) is 50.4 Å². The van der Waals surface area contributed by atoms with Crippen molar-refractivity contribution < 1.29 is 9.15 Å². The maximum Gasteiger partial charge on any atom is 0.422 e. The highest BCUT2D eigenvalue weighted by Crippen LogP contribution is 2.16. The summed E-state index contributed by atoms with van der Waals surface area (Å²) in [6.45, 7) is 6.50. The summed E-state index contributed by atoms with van der Waals surface area (Å²) in [5.41, 5.74) is 3.13. The van der Waals surface area contributed by atoms with Crippen molar-refractivity contribution >= 4 is 10.9 Å². The predicted molar refractivity (Wildman–Crippen MR) is 92.9 cm³/mol. The molecule has 5 nitrogen and oxygen atoms in total. The van der Waals surface area contributed by atoms with E-state index in [0.717, 1.165) is 22.4 Å². The summed E-state index contributed by atoms with van der Waals surface area (Å²) < 4.78 is 12.0. The highest BCUT2D eigenvalue weighted by molar-refractivity contribution is 5.78. The minimum Gasteiger partial charge on any atom is -0.492 e. The van der Waals surface area contributed by atoms with Crippen LogP contribution in [0.5, 0.6) is 5.75 Å². The van der Waals surface area contributed by atoms with Gasteiger partial charge in [0.25, 0.3) is 0 Å². The summed E-state index contributed by atoms with van der Waals surface area (Å²) in [5, 5.41) is 0.404. The summed E-state index contributed by atoms with van der Waals surface area (Å²) in [4.78, 5) is 23.9. The van der Waals surface area contributed by atoms with Gasteiger partial charge < -0.3 is 9.15 Å². The molecule has 1 aromatic heterocycles. The number of nitrogens with zero attached hydrogens (tertiary/aromatic N) is 1. The molecule has 1 heterocycles. The molecule has 124 valence electrons. The van der Waals surface area contributed by atoms with Crippen LogP contribution in [0.25, 0.3) is 10.9 Å². The van der Waals surface area contributed by atoms with Crippen LogP contribution in [0.4, 0.5) is 0 Å². The number of ether oxygens (including phenoxy) is 1. The van der Waals surface area contributed by atoms with Crippen molar-refractivity contribution in [3.8, 4) is 5.75 Å². The molecule has 0 amide bonds. The molecule has 0 radical (unpaired) electrons. The molecule has 0 aliphatic rings. The Bertz CT molecular complexity index is 994. The van der Waals surface area contributed by atoms with E-state index >= 15 is 0 Å². The quantitative estimate of drug-likeness (QED) is 0.740. The molecule has 0 saturated carbocycles. The van der Waals surface area contributed by atoms with E-state index in [1.807, 2.05) is 39.0 Å². The number of aryl methyl sites for hydroxylation is 3. The van der Waals surface area contributed by atoms with Crippen molar-refractivity contribution in [1.82, 2.24) is 4.57 Å². The maximum absolute atomic E-state index is 12.0. The Kier molecular flexibility index (Phi) is 4.25. The van der Waals surface area contributed by atoms with E-state index in [9.17, 15) is 9.59 Å². The van der Waals surface area contributed by atoms with Crippen molar-refractivity contribution in [2.75, 3.05) is 6.61 Å². The molecular weight excluding hydrogens is 306 g/mol. The van der Waals surface area contributed by atoms with Gasteiger partial charge in [-0.05, 0) is 56.2 Å². The lowest BCUT2D eigenvalue weighted by Crippen LogP contribution is -2.27. The molecule has 0 N–H and O–H groups in total. The minimum absolute atomic E-state index is 0.301. The largest absolute Gasteiger partial charge is 0.492 e. The fourth-order valence-electron chi connectivity index (χ4n) is 2.82. The first-order valence-electron chi connectivity index (χ1n) is 7.79. The van der Waals surface area contributed by atoms with Gasteiger partial charge in [-0.3, -0.25) is 4.57 Å². The van der Waals surface area contributed by atoms with Gasteiger partial charge in [0.05, 0.1) is 17.4 Å². The monoisotopic (exact) mass is 325 g/mol. The van der Waals surface area contributed by atoms with Gasteiger partial charge in [0.15, 0.2) is 0 Å². The van der Waals surface area contributed by atoms with E-state index in [1.54, 1.807) is 12.1 Å². The molecule has 0 bridgehead atoms. The third-order valence-corrected chi connectivity index (χ3v) is 3.84. The van der Waals surface area contributed by atoms with Crippen molar-refractivity contribution in [2.45, 2.75) is 27.3 Å². The molecule has 0 aliphatic heterocycles. The number of rotatable bonds is 4. The van der Waals surface area contributed by atoms with Crippen molar-refractivity contribution in [3.05, 3.63) is 74.1 Å². The molecular formula is C19H19NO4. The maximum atomic E-state index is 12.0. The fraction of sp³-hybridized carbons (Fsp3) is 0.263. The van der Waals surface area contributed by atoms with Crippen LogP contribution in [-0.2, 0) is 6.54 Å². The highest BCUT2D eigenvalue weighted by atomic mass is 16.5. The van der Waals surface area contributed by atoms with Gasteiger partial charge in [0.1, 0.15) is 12.4 Å². The first kappa shape index (κ1) is 16.1. The van der Waals surface area contributed by atoms with Gasteiger partial charge >= 0.3 is 11.4 Å². The number of benzene rings is 2. The first-order valence-corrected chi connectivity index (χ1v) is 7.79. The average Bonchev–Trinajstić information content (AvgIpc) is 2.50. The molecule has 0 saturated heterocycles. The number of aromatic nitrogens is 1. The Morgan fingerprint density at radius 2 is 1.67 bits per heavy atom. The lowest BCUT2D eigenvalue weighted by molar-refractivity contribution is 0.287. The van der Waals surface area contributed by atoms with Crippen LogP contribution in [0.2, 0.25) is 0 Å². The minimum atomic E-state index is -0.666. The Morgan fingerprint density at radius 3 is 2.38 bits per heavy atom. The van der Waals surface area contributed by atoms with Crippen LogP contribution < -0.4 is 16.1 Å². The van der Waals surface area contributed by atoms with Crippen LogP contribution in [0, 0.1) is 20.8 Å². The van der Waals surface area contributed by atoms with Gasteiger partial charge in [-0.15, -0.1) is 0 Å². The third kappa shape index (κ3) is 3.25. The van der Waals surface area contributed by atoms with Crippen LogP contribution in [-0.4, -0.2) is 11.2 Å². The van der Waals surface area contributed by atoms with E-state index in [0.29, 0.717) is 24.1 Å². The number of fused-ring (bicyclic) bond motifs is 1. The van der Waals surface area contributed by atoms with Crippen LogP contribution in [0.1, 0.15) is 16.7 Å². The summed E-state index contributed by atoms with van der Waals surface area (Å²) >= 11 is 0. The van der Waals surface area contributed by atoms with E-state index in [2.05, 4.69) is 6.07 Å². The van der Waals surface area contributed by atoms with Gasteiger partial charge in [-0.1, -0.05) is 17.7 Å². The lowest BCUT2D eigenvalue weighted by atomic mass is 10.1. The molecule has 0 fully saturated rings. The van der Waals surface area contributed by atoms with Crippen LogP contribution in [0.3, 0.4) is 0 Å². The summed E-state index contributed by atoms with van der Waals surface area (Å²) in [6.07, 6.45) is 0. The Hall–Kier alpha value is -2.82. The first-order chi connectivity index (χ1) is 11.4. The second-order valence-corrected chi connectivity index (χ2v) is 6.00. The van der Waals surface area contributed by atoms with Crippen molar-refractivity contribution in [1.29, 1.82) is 0 Å². The molecule has 0 aliphatic carbocycles. The molecule has 2 aromatic carbocycles. The SMILES string of the molecule is Cc1cc(C)cc(OCCn2c(=O)oc(=O)c3cc(C)ccc32)c1. The topological polar surface area (TPSA) is 61.4 Å². The summed E-state index contributed by atoms with van der Waals surface area (Å²) in [5.74, 6) is 0.0958. The Morgan fingerprint density at radius 1 is 0.958 bits per heavy atom. The Labute approximate surface area is 139 Å². The molecule has 0 atom stereocenters. The zero-order valence-corrected chi connectivity index (χ0v) is 14.0. The van der Waals surface area contributed by atoms with Crippen molar-refractivity contribution in [2.24, 2.45) is 0 Å². The van der Waals surface area contributed by atoms with Gasteiger partial charge in [0.2, 0.25) is 0 Å². The summed E-state index contributed by atoms with van der Waals surface area (Å²) in [6, 6.07) is 11.3. The highest BCUT2D eigenvalue weighted by Gasteiger charge is 2.09. The van der Waals surface area contributed by atoms with Gasteiger partial charge in [0, 0.05) is 0 Å². The second kappa shape index (κ2) is 6.35. The average molecular weight is 325 g/mol. The number of hydrogen-bond donors (Lipinski definition) is 0. The normalized spacial score (nSPS) is 11.0. The number of hydrogen-bond acceptors (Lipinski definition) is 4. The van der Waals surface area contributed by atoms with E-state index < -0.39 is 11.4 Å². The smallest absolute Gasteiger partial charge is 0.422 e. The van der Waals surface area contributed by atoms with Gasteiger partial charge in [-0.2, -0.15) is 0 Å². The lowest BCUT2D eigenvalue weighted by Gasteiger charge is -2.11. The van der Waals surface area contributed by atoms with E-state index in [1.165, 1.54) is 4.57 Å². The summed E-state index contributed by atoms with van der Waals surface area (Å²) in [7, 11) is 0. The molecule has 0 spiro atoms. The molecule has 3 aromatic rings. The standard InChI is InChI=1S/C19H19NO4/c1-12-4-5-17-16(11-12)18(21)24-19(22)20(17)6-7-23-15-9-13(2)8-14(3)10-15/h4-5,8-11H,6-7H2,1-3H3. The second-order valence-electron chi connectivity index (χ2n) is 6.00. The molecule has 5 heteroatoms. The van der Waals surface area contributed by atoms with E-state index in [4.69, 9.17) is 9.15 Å². The third-order valence-electron chi connectivity index (χ3n) is 3.84. The molecule has 24 heavy (non-hydrogen) atoms. The Balaban J connectivity index is 1.88. The zero-order valence-electron chi connectivity index (χ0n) is 14.0.